The van der Waals surface area contributed by atoms with Gasteiger partial charge in [-0.3, -0.25) is 0 Å². The van der Waals surface area contributed by atoms with Crippen LogP contribution < -0.4 is 0 Å². The van der Waals surface area contributed by atoms with E-state index in [4.69, 9.17) is 0 Å². The van der Waals surface area contributed by atoms with Crippen LogP contribution in [0.3, 0.4) is 0 Å². The molecule has 4 heteroatoms. The molecule has 0 fully saturated rings. The molecule has 0 aliphatic rings. The summed E-state index contributed by atoms with van der Waals surface area (Å²) in [5.41, 5.74) is 2.14. The maximum absolute atomic E-state index is 10.2. The van der Waals surface area contributed by atoms with Gasteiger partial charge >= 0.3 is 0 Å². The number of halogens is 1. The van der Waals surface area contributed by atoms with Gasteiger partial charge in [-0.25, -0.2) is 0 Å². The number of aliphatic hydroxyl groups is 1. The highest BCUT2D eigenvalue weighted by molar-refractivity contribution is 9.11. The summed E-state index contributed by atoms with van der Waals surface area (Å²) in [5.74, 6) is 0. The molecule has 0 aliphatic heterocycles. The molecule has 0 amide bonds. The lowest BCUT2D eigenvalue weighted by Crippen LogP contribution is -1.96. The Morgan fingerprint density at radius 2 is 2.07 bits per heavy atom. The minimum absolute atomic E-state index is 0.480. The second kappa shape index (κ2) is 4.37. The Bertz CT molecular complexity index is 473. The third-order valence-electron chi connectivity index (χ3n) is 2.23. The Labute approximate surface area is 106 Å². The van der Waals surface area contributed by atoms with E-state index in [1.165, 1.54) is 10.4 Å². The summed E-state index contributed by atoms with van der Waals surface area (Å²) in [4.78, 5) is 2.30. The Hall–Kier alpha value is -0.160. The first-order valence-corrected chi connectivity index (χ1v) is 7.06. The monoisotopic (exact) mass is 302 g/mol. The van der Waals surface area contributed by atoms with E-state index in [1.807, 2.05) is 18.4 Å². The van der Waals surface area contributed by atoms with Crippen LogP contribution in [0.15, 0.2) is 21.3 Å². The van der Waals surface area contributed by atoms with Crippen molar-refractivity contribution in [2.24, 2.45) is 0 Å². The van der Waals surface area contributed by atoms with E-state index in [1.54, 1.807) is 22.7 Å². The van der Waals surface area contributed by atoms with Crippen LogP contribution in [0, 0.1) is 13.8 Å². The standard InChI is InChI=1S/C11H11BrOS2/c1-6-3-7(2)15-11(6)10(13)8-4-9(12)14-5-8/h3-5,10,13H,1-2H3. The minimum atomic E-state index is -0.480. The normalized spacial score (nSPS) is 13.1. The molecule has 1 unspecified atom stereocenters. The SMILES string of the molecule is Cc1cc(C)c(C(O)c2csc(Br)c2)s1. The van der Waals surface area contributed by atoms with Gasteiger partial charge in [0.25, 0.3) is 0 Å². The molecule has 2 heterocycles. The molecule has 2 rings (SSSR count). The molecule has 0 aromatic carbocycles. The van der Waals surface area contributed by atoms with Crippen LogP contribution in [-0.2, 0) is 0 Å². The number of aryl methyl sites for hydroxylation is 2. The molecular formula is C11H11BrOS2. The third-order valence-corrected chi connectivity index (χ3v) is 4.96. The molecular weight excluding hydrogens is 292 g/mol. The molecule has 0 saturated heterocycles. The van der Waals surface area contributed by atoms with Crippen LogP contribution in [0.4, 0.5) is 0 Å². The van der Waals surface area contributed by atoms with Crippen LogP contribution >= 0.6 is 38.6 Å². The predicted molar refractivity (Wildman–Crippen MR) is 69.9 cm³/mol. The molecule has 1 N–H and O–H groups in total. The average molecular weight is 303 g/mol. The molecule has 0 bridgehead atoms. The summed E-state index contributed by atoms with van der Waals surface area (Å²) in [6.45, 7) is 4.11. The van der Waals surface area contributed by atoms with Crippen molar-refractivity contribution in [3.63, 3.8) is 0 Å². The third kappa shape index (κ3) is 2.33. The van der Waals surface area contributed by atoms with Crippen LogP contribution in [0.2, 0.25) is 0 Å². The zero-order chi connectivity index (χ0) is 11.0. The number of aliphatic hydroxyl groups excluding tert-OH is 1. The van der Waals surface area contributed by atoms with Crippen molar-refractivity contribution in [1.29, 1.82) is 0 Å². The van der Waals surface area contributed by atoms with E-state index in [2.05, 4.69) is 28.9 Å². The maximum Gasteiger partial charge on any atom is 0.114 e. The van der Waals surface area contributed by atoms with Gasteiger partial charge < -0.3 is 5.11 Å². The van der Waals surface area contributed by atoms with E-state index in [0.717, 1.165) is 14.2 Å². The second-order valence-electron chi connectivity index (χ2n) is 3.49. The average Bonchev–Trinajstić information content (AvgIpc) is 2.71. The molecule has 15 heavy (non-hydrogen) atoms. The van der Waals surface area contributed by atoms with Gasteiger partial charge in [0.1, 0.15) is 6.10 Å². The van der Waals surface area contributed by atoms with E-state index in [9.17, 15) is 5.11 Å². The van der Waals surface area contributed by atoms with Crippen molar-refractivity contribution in [2.45, 2.75) is 20.0 Å². The van der Waals surface area contributed by atoms with Crippen LogP contribution in [0.1, 0.15) is 27.0 Å². The first-order valence-electron chi connectivity index (χ1n) is 4.57. The van der Waals surface area contributed by atoms with Gasteiger partial charge in [0, 0.05) is 9.75 Å². The van der Waals surface area contributed by atoms with Crippen molar-refractivity contribution in [1.82, 2.24) is 0 Å². The lowest BCUT2D eigenvalue weighted by atomic mass is 10.1. The maximum atomic E-state index is 10.2. The van der Waals surface area contributed by atoms with Gasteiger partial charge in [-0.1, -0.05) is 0 Å². The molecule has 0 saturated carbocycles. The Kier molecular flexibility index (Phi) is 3.30. The highest BCUT2D eigenvalue weighted by Gasteiger charge is 2.16. The molecule has 2 aromatic heterocycles. The lowest BCUT2D eigenvalue weighted by Gasteiger charge is -2.07. The predicted octanol–water partition coefficient (Wildman–Crippen LogP) is 4.27. The van der Waals surface area contributed by atoms with Gasteiger partial charge in [-0.15, -0.1) is 22.7 Å². The fourth-order valence-corrected chi connectivity index (χ4v) is 3.79. The van der Waals surface area contributed by atoms with Gasteiger partial charge in [-0.05, 0) is 58.4 Å². The molecule has 2 aromatic rings. The first-order chi connectivity index (χ1) is 7.08. The number of hydrogen-bond acceptors (Lipinski definition) is 3. The fraction of sp³-hybridized carbons (Fsp3) is 0.273. The highest BCUT2D eigenvalue weighted by Crippen LogP contribution is 2.34. The van der Waals surface area contributed by atoms with E-state index in [0.29, 0.717) is 0 Å². The zero-order valence-electron chi connectivity index (χ0n) is 8.45. The van der Waals surface area contributed by atoms with Crippen molar-refractivity contribution in [3.05, 3.63) is 42.2 Å². The number of rotatable bonds is 2. The first kappa shape index (κ1) is 11.3. The Morgan fingerprint density at radius 3 is 2.53 bits per heavy atom. The summed E-state index contributed by atoms with van der Waals surface area (Å²) >= 11 is 6.67. The van der Waals surface area contributed by atoms with E-state index in [-0.39, 0.29) is 0 Å². The molecule has 0 radical (unpaired) electrons. The van der Waals surface area contributed by atoms with Crippen molar-refractivity contribution >= 4 is 38.6 Å². The van der Waals surface area contributed by atoms with Crippen LogP contribution in [0.5, 0.6) is 0 Å². The van der Waals surface area contributed by atoms with E-state index >= 15 is 0 Å². The molecule has 1 nitrogen and oxygen atoms in total. The molecule has 80 valence electrons. The topological polar surface area (TPSA) is 20.2 Å². The Balaban J connectivity index is 2.35. The van der Waals surface area contributed by atoms with Crippen molar-refractivity contribution in [2.75, 3.05) is 0 Å². The van der Waals surface area contributed by atoms with Crippen LogP contribution in [-0.4, -0.2) is 5.11 Å². The summed E-state index contributed by atoms with van der Waals surface area (Å²) in [6, 6.07) is 4.09. The summed E-state index contributed by atoms with van der Waals surface area (Å²) in [7, 11) is 0. The molecule has 0 spiro atoms. The molecule has 1 atom stereocenters. The van der Waals surface area contributed by atoms with Crippen LogP contribution in [0.25, 0.3) is 0 Å². The van der Waals surface area contributed by atoms with Crippen molar-refractivity contribution in [3.8, 4) is 0 Å². The Morgan fingerprint density at radius 1 is 1.33 bits per heavy atom. The second-order valence-corrected chi connectivity index (χ2v) is 7.07. The summed E-state index contributed by atoms with van der Waals surface area (Å²) < 4.78 is 1.06. The highest BCUT2D eigenvalue weighted by atomic mass is 79.9. The van der Waals surface area contributed by atoms with Gasteiger partial charge in [0.05, 0.1) is 3.79 Å². The smallest absolute Gasteiger partial charge is 0.114 e. The quantitative estimate of drug-likeness (QED) is 0.878. The van der Waals surface area contributed by atoms with Gasteiger partial charge in [0.15, 0.2) is 0 Å². The molecule has 0 aliphatic carbocycles. The zero-order valence-corrected chi connectivity index (χ0v) is 11.7. The number of thiophene rings is 2. The minimum Gasteiger partial charge on any atom is -0.383 e. The summed E-state index contributed by atoms with van der Waals surface area (Å²) in [6.07, 6.45) is -0.480. The number of hydrogen-bond donors (Lipinski definition) is 1. The van der Waals surface area contributed by atoms with E-state index < -0.39 is 6.10 Å². The summed E-state index contributed by atoms with van der Waals surface area (Å²) in [5, 5.41) is 12.2. The van der Waals surface area contributed by atoms with Gasteiger partial charge in [0.2, 0.25) is 0 Å². The largest absolute Gasteiger partial charge is 0.383 e. The van der Waals surface area contributed by atoms with Crippen molar-refractivity contribution < 1.29 is 5.11 Å². The van der Waals surface area contributed by atoms with Gasteiger partial charge in [-0.2, -0.15) is 0 Å². The lowest BCUT2D eigenvalue weighted by molar-refractivity contribution is 0.224. The fourth-order valence-electron chi connectivity index (χ4n) is 1.55.